The molecule has 0 aliphatic carbocycles. The molecule has 0 radical (unpaired) electrons. The number of carbonyl (C=O) groups excluding carboxylic acids is 2. The van der Waals surface area contributed by atoms with Gasteiger partial charge in [0, 0.05) is 32.8 Å². The number of anilines is 1. The molecule has 1 aliphatic rings. The van der Waals surface area contributed by atoms with E-state index in [-0.39, 0.29) is 17.1 Å². The van der Waals surface area contributed by atoms with Gasteiger partial charge < -0.3 is 9.30 Å². The molecule has 4 rings (SSSR count). The molecule has 0 spiro atoms. The molecule has 0 saturated heterocycles. The van der Waals surface area contributed by atoms with E-state index in [1.54, 1.807) is 19.1 Å². The Morgan fingerprint density at radius 2 is 1.63 bits per heavy atom. The Balaban J connectivity index is 1.87. The first-order chi connectivity index (χ1) is 16.5. The maximum absolute atomic E-state index is 13.7. The highest BCUT2D eigenvalue weighted by molar-refractivity contribution is 6.32. The maximum atomic E-state index is 13.7. The number of ether oxygens (including phenoxy) is 1. The largest absolute Gasteiger partial charge is 0.465 e. The molecule has 1 aromatic heterocycles. The van der Waals surface area contributed by atoms with Crippen LogP contribution in [0.15, 0.2) is 59.3 Å². The van der Waals surface area contributed by atoms with Gasteiger partial charge in [0.2, 0.25) is 0 Å². The molecular formula is C28H26Cl2N2O3. The summed E-state index contributed by atoms with van der Waals surface area (Å²) in [5.74, 6) is -0.881. The van der Waals surface area contributed by atoms with Crippen LogP contribution in [0.25, 0.3) is 11.8 Å². The topological polar surface area (TPSA) is 51.5 Å². The first-order valence-corrected chi connectivity index (χ1v) is 11.9. The van der Waals surface area contributed by atoms with E-state index in [1.165, 1.54) is 12.0 Å². The third-order valence-corrected chi connectivity index (χ3v) is 7.03. The number of rotatable bonds is 4. The number of hydrogen-bond acceptors (Lipinski definition) is 3. The molecule has 5 nitrogen and oxygen atoms in total. The zero-order chi connectivity index (χ0) is 25.6. The van der Waals surface area contributed by atoms with Crippen LogP contribution >= 0.6 is 23.2 Å². The summed E-state index contributed by atoms with van der Waals surface area (Å²) in [6.07, 6.45) is 1.76. The fourth-order valence-corrected chi connectivity index (χ4v) is 4.84. The summed E-state index contributed by atoms with van der Waals surface area (Å²) >= 11 is 12.6. The normalized spacial score (nSPS) is 14.9. The second-order valence-electron chi connectivity index (χ2n) is 8.68. The Morgan fingerprint density at radius 1 is 0.943 bits per heavy atom. The first-order valence-electron chi connectivity index (χ1n) is 11.1. The average Bonchev–Trinajstić information content (AvgIpc) is 3.23. The van der Waals surface area contributed by atoms with Gasteiger partial charge in [0.1, 0.15) is 0 Å². The molecular weight excluding hydrogens is 483 g/mol. The highest BCUT2D eigenvalue weighted by Gasteiger charge is 2.38. The number of aromatic nitrogens is 1. The summed E-state index contributed by atoms with van der Waals surface area (Å²) in [5, 5.41) is 1.18. The molecule has 0 fully saturated rings. The number of amides is 1. The van der Waals surface area contributed by atoms with Crippen molar-refractivity contribution >= 4 is 46.8 Å². The van der Waals surface area contributed by atoms with Crippen molar-refractivity contribution < 1.29 is 14.3 Å². The van der Waals surface area contributed by atoms with Crippen LogP contribution < -0.4 is 4.90 Å². The first kappa shape index (κ1) is 24.8. The molecule has 1 amide bonds. The fraction of sp³-hybridized carbons (Fsp3) is 0.214. The van der Waals surface area contributed by atoms with Crippen LogP contribution in [0.2, 0.25) is 10.0 Å². The standard InChI is InChI=1S/C28H26Cl2N2O3/c1-15-8-10-22(14-24(15)30)32-19(5)26(28(34)35-6)23(27(32)33)12-20-11-17(3)31(18(20)4)25-13-21(29)9-7-16(25)2/h7-14H,1-6H3/b23-12-. The minimum Gasteiger partial charge on any atom is -0.465 e. The average molecular weight is 509 g/mol. The molecule has 3 aromatic rings. The zero-order valence-electron chi connectivity index (χ0n) is 20.5. The van der Waals surface area contributed by atoms with Crippen molar-refractivity contribution in [2.75, 3.05) is 12.0 Å². The predicted octanol–water partition coefficient (Wildman–Crippen LogP) is 6.89. The second-order valence-corrected chi connectivity index (χ2v) is 9.52. The number of benzene rings is 2. The van der Waals surface area contributed by atoms with Gasteiger partial charge in [-0.2, -0.15) is 0 Å². The van der Waals surface area contributed by atoms with Gasteiger partial charge >= 0.3 is 5.97 Å². The predicted molar refractivity (Wildman–Crippen MR) is 141 cm³/mol. The second kappa shape index (κ2) is 9.40. The minimum absolute atomic E-state index is 0.234. The van der Waals surface area contributed by atoms with E-state index in [1.807, 2.05) is 64.1 Å². The monoisotopic (exact) mass is 508 g/mol. The molecule has 0 N–H and O–H groups in total. The van der Waals surface area contributed by atoms with Crippen molar-refractivity contribution in [3.63, 3.8) is 0 Å². The molecule has 0 atom stereocenters. The van der Waals surface area contributed by atoms with Gasteiger partial charge in [-0.15, -0.1) is 0 Å². The lowest BCUT2D eigenvalue weighted by Gasteiger charge is -2.18. The van der Waals surface area contributed by atoms with Crippen LogP contribution in [-0.4, -0.2) is 23.6 Å². The van der Waals surface area contributed by atoms with Gasteiger partial charge in [-0.1, -0.05) is 35.3 Å². The summed E-state index contributed by atoms with van der Waals surface area (Å²) in [4.78, 5) is 27.9. The number of allylic oxidation sites excluding steroid dienone is 1. The molecule has 0 bridgehead atoms. The highest BCUT2D eigenvalue weighted by atomic mass is 35.5. The van der Waals surface area contributed by atoms with Crippen LogP contribution in [0.4, 0.5) is 5.69 Å². The van der Waals surface area contributed by atoms with Crippen molar-refractivity contribution in [2.45, 2.75) is 34.6 Å². The molecule has 1 aliphatic heterocycles. The third-order valence-electron chi connectivity index (χ3n) is 6.39. The third kappa shape index (κ3) is 4.30. The van der Waals surface area contributed by atoms with Crippen molar-refractivity contribution in [3.8, 4) is 5.69 Å². The van der Waals surface area contributed by atoms with E-state index in [2.05, 4.69) is 4.57 Å². The minimum atomic E-state index is -0.567. The van der Waals surface area contributed by atoms with Crippen LogP contribution in [0, 0.1) is 27.7 Å². The Morgan fingerprint density at radius 3 is 2.29 bits per heavy atom. The van der Waals surface area contributed by atoms with E-state index in [0.717, 1.165) is 33.8 Å². The Kier molecular flexibility index (Phi) is 6.67. The van der Waals surface area contributed by atoms with Crippen molar-refractivity contribution in [1.29, 1.82) is 0 Å². The lowest BCUT2D eigenvalue weighted by molar-refractivity contribution is -0.136. The molecule has 35 heavy (non-hydrogen) atoms. The van der Waals surface area contributed by atoms with Gasteiger partial charge in [0.25, 0.3) is 5.91 Å². The lowest BCUT2D eigenvalue weighted by atomic mass is 10.0. The fourth-order valence-electron chi connectivity index (χ4n) is 4.50. The molecule has 0 unspecified atom stereocenters. The van der Waals surface area contributed by atoms with Gasteiger partial charge in [0.05, 0.1) is 23.9 Å². The SMILES string of the molecule is COC(=O)C1=C(C)N(c2ccc(C)c(Cl)c2)C(=O)/C1=C\c1cc(C)n(-c2cc(Cl)ccc2C)c1C. The molecule has 0 saturated carbocycles. The molecule has 2 aromatic carbocycles. The molecule has 180 valence electrons. The van der Waals surface area contributed by atoms with E-state index < -0.39 is 5.97 Å². The summed E-state index contributed by atoms with van der Waals surface area (Å²) in [6, 6.07) is 13.1. The van der Waals surface area contributed by atoms with Gasteiger partial charge in [-0.05, 0) is 87.7 Å². The van der Waals surface area contributed by atoms with Crippen LogP contribution in [-0.2, 0) is 14.3 Å². The van der Waals surface area contributed by atoms with Crippen LogP contribution in [0.5, 0.6) is 0 Å². The van der Waals surface area contributed by atoms with Gasteiger partial charge in [-0.25, -0.2) is 4.79 Å². The van der Waals surface area contributed by atoms with E-state index in [9.17, 15) is 9.59 Å². The highest BCUT2D eigenvalue weighted by Crippen LogP contribution is 2.37. The zero-order valence-corrected chi connectivity index (χ0v) is 22.0. The van der Waals surface area contributed by atoms with E-state index >= 15 is 0 Å². The van der Waals surface area contributed by atoms with Crippen molar-refractivity contribution in [1.82, 2.24) is 4.57 Å². The van der Waals surface area contributed by atoms with E-state index in [4.69, 9.17) is 27.9 Å². The number of methoxy groups -OCH3 is 1. The van der Waals surface area contributed by atoms with Crippen LogP contribution in [0.3, 0.4) is 0 Å². The molecule has 2 heterocycles. The number of aryl methyl sites for hydroxylation is 3. The summed E-state index contributed by atoms with van der Waals surface area (Å²) in [6.45, 7) is 9.62. The summed E-state index contributed by atoms with van der Waals surface area (Å²) in [7, 11) is 1.31. The number of hydrogen-bond donors (Lipinski definition) is 0. The Hall–Kier alpha value is -3.28. The maximum Gasteiger partial charge on any atom is 0.340 e. The molecule has 7 heteroatoms. The lowest BCUT2D eigenvalue weighted by Crippen LogP contribution is -2.24. The number of halogens is 2. The smallest absolute Gasteiger partial charge is 0.340 e. The number of esters is 1. The number of carbonyl (C=O) groups is 2. The van der Waals surface area contributed by atoms with E-state index in [0.29, 0.717) is 21.4 Å². The van der Waals surface area contributed by atoms with Gasteiger partial charge in [0.15, 0.2) is 0 Å². The Bertz CT molecular complexity index is 1450. The van der Waals surface area contributed by atoms with Gasteiger partial charge in [-0.3, -0.25) is 9.69 Å². The van der Waals surface area contributed by atoms with Crippen LogP contribution in [0.1, 0.15) is 35.0 Å². The summed E-state index contributed by atoms with van der Waals surface area (Å²) < 4.78 is 7.14. The van der Waals surface area contributed by atoms with Crippen molar-refractivity contribution in [2.24, 2.45) is 0 Å². The summed E-state index contributed by atoms with van der Waals surface area (Å²) in [5.41, 5.74) is 7.25. The quantitative estimate of drug-likeness (QED) is 0.284. The van der Waals surface area contributed by atoms with Crippen molar-refractivity contribution in [3.05, 3.63) is 97.4 Å². The Labute approximate surface area is 215 Å². The number of nitrogens with zero attached hydrogens (tertiary/aromatic N) is 2.